The van der Waals surface area contributed by atoms with Crippen LogP contribution in [0.1, 0.15) is 37.2 Å². The third-order valence-electron chi connectivity index (χ3n) is 2.68. The lowest BCUT2D eigenvalue weighted by atomic mass is 10.4. The molecule has 3 heteroatoms. The summed E-state index contributed by atoms with van der Waals surface area (Å²) in [6.07, 6.45) is 5.58. The molecule has 2 rings (SSSR count). The highest BCUT2D eigenvalue weighted by Crippen LogP contribution is 2.31. The summed E-state index contributed by atoms with van der Waals surface area (Å²) in [5.41, 5.74) is 5.48. The van der Waals surface area contributed by atoms with Gasteiger partial charge in [-0.25, -0.2) is 0 Å². The van der Waals surface area contributed by atoms with Crippen molar-refractivity contribution in [2.45, 2.75) is 43.2 Å². The van der Waals surface area contributed by atoms with E-state index < -0.39 is 0 Å². The van der Waals surface area contributed by atoms with E-state index in [4.69, 9.17) is 10.2 Å². The summed E-state index contributed by atoms with van der Waals surface area (Å²) in [6.45, 7) is 0.508. The van der Waals surface area contributed by atoms with E-state index in [2.05, 4.69) is 0 Å². The van der Waals surface area contributed by atoms with Crippen LogP contribution in [0.3, 0.4) is 0 Å². The Hall–Kier alpha value is -0.410. The summed E-state index contributed by atoms with van der Waals surface area (Å²) >= 11 is 2.03. The molecule has 0 aromatic carbocycles. The van der Waals surface area contributed by atoms with E-state index in [9.17, 15) is 0 Å². The first-order valence-electron chi connectivity index (χ1n) is 5.28. The summed E-state index contributed by atoms with van der Waals surface area (Å²) in [7, 11) is 0. The molecule has 0 bridgehead atoms. The largest absolute Gasteiger partial charge is 0.464 e. The number of hydrogen-bond acceptors (Lipinski definition) is 3. The van der Waals surface area contributed by atoms with Gasteiger partial charge in [-0.2, -0.15) is 11.8 Å². The van der Waals surface area contributed by atoms with Crippen molar-refractivity contribution < 1.29 is 4.42 Å². The molecule has 0 spiro atoms. The van der Waals surface area contributed by atoms with Crippen molar-refractivity contribution in [3.05, 3.63) is 23.7 Å². The van der Waals surface area contributed by atoms with E-state index in [0.29, 0.717) is 6.54 Å². The van der Waals surface area contributed by atoms with Gasteiger partial charge in [-0.15, -0.1) is 0 Å². The highest BCUT2D eigenvalue weighted by molar-refractivity contribution is 7.99. The number of hydrogen-bond donors (Lipinski definition) is 1. The topological polar surface area (TPSA) is 39.2 Å². The van der Waals surface area contributed by atoms with Crippen LogP contribution in [0.5, 0.6) is 0 Å². The smallest absolute Gasteiger partial charge is 0.117 e. The van der Waals surface area contributed by atoms with E-state index in [-0.39, 0.29) is 0 Å². The fraction of sp³-hybridized carbons (Fsp3) is 0.636. The predicted molar refractivity (Wildman–Crippen MR) is 60.2 cm³/mol. The predicted octanol–water partition coefficient (Wildman–Crippen LogP) is 2.91. The molecule has 78 valence electrons. The molecule has 0 radical (unpaired) electrons. The van der Waals surface area contributed by atoms with E-state index in [1.807, 2.05) is 23.9 Å². The minimum absolute atomic E-state index is 0.508. The summed E-state index contributed by atoms with van der Waals surface area (Å²) in [4.78, 5) is 0. The average molecular weight is 211 g/mol. The van der Waals surface area contributed by atoms with Gasteiger partial charge >= 0.3 is 0 Å². The van der Waals surface area contributed by atoms with Gasteiger partial charge in [0.2, 0.25) is 0 Å². The molecule has 1 fully saturated rings. The average Bonchev–Trinajstić information content (AvgIpc) is 2.86. The van der Waals surface area contributed by atoms with Gasteiger partial charge in [0.05, 0.1) is 12.3 Å². The zero-order valence-electron chi connectivity index (χ0n) is 8.37. The van der Waals surface area contributed by atoms with Gasteiger partial charge in [-0.3, -0.25) is 0 Å². The lowest BCUT2D eigenvalue weighted by molar-refractivity contribution is 0.482. The minimum atomic E-state index is 0.508. The first kappa shape index (κ1) is 10.1. The number of rotatable bonds is 4. The Kier molecular flexibility index (Phi) is 3.54. The van der Waals surface area contributed by atoms with Gasteiger partial charge in [-0.05, 0) is 25.0 Å². The summed E-state index contributed by atoms with van der Waals surface area (Å²) in [6, 6.07) is 4.02. The van der Waals surface area contributed by atoms with Crippen LogP contribution in [0.25, 0.3) is 0 Å². The molecule has 0 saturated heterocycles. The third kappa shape index (κ3) is 2.55. The summed E-state index contributed by atoms with van der Waals surface area (Å²) in [5.74, 6) is 2.97. The number of thioether (sulfide) groups is 1. The van der Waals surface area contributed by atoms with Crippen molar-refractivity contribution in [3.63, 3.8) is 0 Å². The molecule has 0 atom stereocenters. The highest BCUT2D eigenvalue weighted by atomic mass is 32.2. The summed E-state index contributed by atoms with van der Waals surface area (Å²) in [5, 5.41) is 0.862. The SMILES string of the molecule is NCc1ccc(CSC2CCCC2)o1. The molecule has 2 N–H and O–H groups in total. The Morgan fingerprint density at radius 3 is 2.64 bits per heavy atom. The molecular formula is C11H17NOS. The monoisotopic (exact) mass is 211 g/mol. The van der Waals surface area contributed by atoms with Crippen molar-refractivity contribution in [1.29, 1.82) is 0 Å². The molecule has 1 aromatic rings. The highest BCUT2D eigenvalue weighted by Gasteiger charge is 2.15. The quantitative estimate of drug-likeness (QED) is 0.832. The van der Waals surface area contributed by atoms with Gasteiger partial charge in [0.1, 0.15) is 11.5 Å². The fourth-order valence-corrected chi connectivity index (χ4v) is 3.09. The second kappa shape index (κ2) is 4.89. The first-order valence-corrected chi connectivity index (χ1v) is 6.32. The fourth-order valence-electron chi connectivity index (χ4n) is 1.86. The van der Waals surface area contributed by atoms with E-state index in [0.717, 1.165) is 22.5 Å². The van der Waals surface area contributed by atoms with Crippen molar-refractivity contribution in [3.8, 4) is 0 Å². The van der Waals surface area contributed by atoms with Crippen LogP contribution in [0.4, 0.5) is 0 Å². The first-order chi connectivity index (χ1) is 6.88. The van der Waals surface area contributed by atoms with Crippen molar-refractivity contribution in [2.75, 3.05) is 0 Å². The Labute approximate surface area is 89.2 Å². The third-order valence-corrected chi connectivity index (χ3v) is 4.08. The molecule has 1 saturated carbocycles. The lowest BCUT2D eigenvalue weighted by Crippen LogP contribution is -1.94. The Morgan fingerprint density at radius 2 is 2.00 bits per heavy atom. The molecule has 0 aliphatic heterocycles. The maximum atomic E-state index is 5.55. The maximum absolute atomic E-state index is 5.55. The van der Waals surface area contributed by atoms with Gasteiger partial charge in [0, 0.05) is 5.25 Å². The van der Waals surface area contributed by atoms with Crippen LogP contribution < -0.4 is 5.73 Å². The van der Waals surface area contributed by atoms with Crippen LogP contribution in [-0.2, 0) is 12.3 Å². The Morgan fingerprint density at radius 1 is 1.29 bits per heavy atom. The molecule has 0 amide bonds. The Bertz CT molecular complexity index is 279. The van der Waals surface area contributed by atoms with Crippen LogP contribution in [0.2, 0.25) is 0 Å². The van der Waals surface area contributed by atoms with Gasteiger partial charge < -0.3 is 10.2 Å². The van der Waals surface area contributed by atoms with Crippen molar-refractivity contribution >= 4 is 11.8 Å². The van der Waals surface area contributed by atoms with E-state index >= 15 is 0 Å². The molecule has 1 aromatic heterocycles. The van der Waals surface area contributed by atoms with Crippen LogP contribution in [-0.4, -0.2) is 5.25 Å². The number of furan rings is 1. The maximum Gasteiger partial charge on any atom is 0.117 e. The van der Waals surface area contributed by atoms with Crippen molar-refractivity contribution in [2.24, 2.45) is 5.73 Å². The molecule has 2 nitrogen and oxygen atoms in total. The molecule has 0 unspecified atom stereocenters. The zero-order valence-corrected chi connectivity index (χ0v) is 9.19. The minimum Gasteiger partial charge on any atom is -0.464 e. The normalized spacial score (nSPS) is 17.8. The van der Waals surface area contributed by atoms with Crippen LogP contribution in [0, 0.1) is 0 Å². The standard InChI is InChI=1S/C11H17NOS/c12-7-9-5-6-10(13-9)8-14-11-3-1-2-4-11/h5-6,11H,1-4,7-8,12H2. The molecule has 14 heavy (non-hydrogen) atoms. The van der Waals surface area contributed by atoms with Crippen LogP contribution >= 0.6 is 11.8 Å². The van der Waals surface area contributed by atoms with Gasteiger partial charge in [0.25, 0.3) is 0 Å². The van der Waals surface area contributed by atoms with Gasteiger partial charge in [0.15, 0.2) is 0 Å². The molecule has 1 aliphatic carbocycles. The second-order valence-corrected chi connectivity index (χ2v) is 5.08. The lowest BCUT2D eigenvalue weighted by Gasteiger charge is -2.06. The van der Waals surface area contributed by atoms with Crippen LogP contribution in [0.15, 0.2) is 16.5 Å². The molecule has 1 heterocycles. The second-order valence-electron chi connectivity index (χ2n) is 3.79. The number of nitrogens with two attached hydrogens (primary N) is 1. The van der Waals surface area contributed by atoms with E-state index in [1.165, 1.54) is 25.7 Å². The van der Waals surface area contributed by atoms with Crippen molar-refractivity contribution in [1.82, 2.24) is 0 Å². The van der Waals surface area contributed by atoms with E-state index in [1.54, 1.807) is 0 Å². The molecule has 1 aliphatic rings. The zero-order chi connectivity index (χ0) is 9.80. The summed E-state index contributed by atoms with van der Waals surface area (Å²) < 4.78 is 5.55. The Balaban J connectivity index is 1.79. The van der Waals surface area contributed by atoms with Gasteiger partial charge in [-0.1, -0.05) is 12.8 Å². The molecular weight excluding hydrogens is 194 g/mol.